The zero-order chi connectivity index (χ0) is 21.6. The van der Waals surface area contributed by atoms with Gasteiger partial charge in [-0.05, 0) is 49.5 Å². The summed E-state index contributed by atoms with van der Waals surface area (Å²) in [6, 6.07) is 23.3. The number of ketones is 1. The number of rotatable bonds is 7. The summed E-state index contributed by atoms with van der Waals surface area (Å²) in [5, 5.41) is 9.31. The van der Waals surface area contributed by atoms with Gasteiger partial charge in [-0.2, -0.15) is 0 Å². The maximum atomic E-state index is 13.5. The molecule has 1 N–H and O–H groups in total. The number of carboxylic acids is 1. The fraction of sp³-hybridized carbons (Fsp3) is 0.269. The first kappa shape index (κ1) is 20.9. The number of aliphatic carboxylic acids is 1. The van der Waals surface area contributed by atoms with Crippen molar-refractivity contribution >= 4 is 11.8 Å². The van der Waals surface area contributed by atoms with Crippen molar-refractivity contribution in [2.45, 2.75) is 25.3 Å². The van der Waals surface area contributed by atoms with E-state index in [9.17, 15) is 14.7 Å². The van der Waals surface area contributed by atoms with Crippen molar-refractivity contribution in [1.29, 1.82) is 0 Å². The highest BCUT2D eigenvalue weighted by Crippen LogP contribution is 2.24. The van der Waals surface area contributed by atoms with Crippen LogP contribution in [0, 0.1) is 5.92 Å². The summed E-state index contributed by atoms with van der Waals surface area (Å²) in [5.74, 6) is -1.09. The monoisotopic (exact) mass is 414 g/mol. The highest BCUT2D eigenvalue weighted by molar-refractivity contribution is 5.99. The molecule has 1 fully saturated rings. The zero-order valence-corrected chi connectivity index (χ0v) is 17.4. The second kappa shape index (κ2) is 9.67. The first-order chi connectivity index (χ1) is 15.1. The van der Waals surface area contributed by atoms with E-state index in [0.29, 0.717) is 38.0 Å². The van der Waals surface area contributed by atoms with Gasteiger partial charge in [0.05, 0.1) is 12.0 Å². The van der Waals surface area contributed by atoms with E-state index in [1.807, 2.05) is 66.7 Å². The highest BCUT2D eigenvalue weighted by Gasteiger charge is 2.33. The van der Waals surface area contributed by atoms with E-state index in [4.69, 9.17) is 0 Å². The third-order valence-electron chi connectivity index (χ3n) is 6.02. The molecule has 0 aliphatic carbocycles. The van der Waals surface area contributed by atoms with E-state index >= 15 is 0 Å². The summed E-state index contributed by atoms with van der Waals surface area (Å²) < 4.78 is 0. The van der Waals surface area contributed by atoms with Crippen LogP contribution in [0.1, 0.15) is 28.9 Å². The number of benzene rings is 2. The number of carbonyl (C=O) groups excluding carboxylic acids is 1. The first-order valence-electron chi connectivity index (χ1n) is 10.7. The number of hydrogen-bond donors (Lipinski definition) is 1. The molecule has 4 rings (SSSR count). The van der Waals surface area contributed by atoms with Crippen molar-refractivity contribution in [2.24, 2.45) is 5.92 Å². The Balaban J connectivity index is 1.55. The van der Waals surface area contributed by atoms with Crippen LogP contribution in [-0.4, -0.2) is 45.9 Å². The van der Waals surface area contributed by atoms with Gasteiger partial charge in [-0.15, -0.1) is 0 Å². The molecule has 1 aliphatic heterocycles. The highest BCUT2D eigenvalue weighted by atomic mass is 16.4. The van der Waals surface area contributed by atoms with E-state index in [2.05, 4.69) is 9.88 Å². The maximum Gasteiger partial charge on any atom is 0.306 e. The molecule has 158 valence electrons. The average Bonchev–Trinajstić information content (AvgIpc) is 2.83. The van der Waals surface area contributed by atoms with E-state index < -0.39 is 5.97 Å². The van der Waals surface area contributed by atoms with Gasteiger partial charge in [0.2, 0.25) is 0 Å². The van der Waals surface area contributed by atoms with Crippen LogP contribution in [0.25, 0.3) is 11.1 Å². The molecule has 2 aromatic carbocycles. The Morgan fingerprint density at radius 3 is 2.13 bits per heavy atom. The summed E-state index contributed by atoms with van der Waals surface area (Å²) in [4.78, 5) is 31.4. The number of nitrogens with zero attached hydrogens (tertiary/aromatic N) is 2. The van der Waals surface area contributed by atoms with Crippen LogP contribution in [0.2, 0.25) is 0 Å². The lowest BCUT2D eigenvalue weighted by Gasteiger charge is -2.35. The van der Waals surface area contributed by atoms with E-state index in [0.717, 1.165) is 16.7 Å². The van der Waals surface area contributed by atoms with Crippen LogP contribution in [0.3, 0.4) is 0 Å². The van der Waals surface area contributed by atoms with Gasteiger partial charge in [-0.25, -0.2) is 0 Å². The molecule has 1 aliphatic rings. The molecule has 0 spiro atoms. The Hall–Kier alpha value is -3.31. The molecule has 1 saturated heterocycles. The molecule has 5 nitrogen and oxygen atoms in total. The topological polar surface area (TPSA) is 70.5 Å². The van der Waals surface area contributed by atoms with Crippen molar-refractivity contribution in [3.05, 3.63) is 90.3 Å². The number of Topliss-reactive ketones (excluding diaryl/α,β-unsaturated/α-hetero) is 1. The quantitative estimate of drug-likeness (QED) is 0.583. The standard InChI is InChI=1S/C26H26N2O3/c29-25(23-12-11-22(18-27-23)20-9-5-2-6-10-20)24(17-19-7-3-1-4-8-19)28-15-13-21(14-16-28)26(30)31/h1-12,18,21,24H,13-17H2,(H,30,31). The van der Waals surface area contributed by atoms with Crippen LogP contribution < -0.4 is 0 Å². The van der Waals surface area contributed by atoms with Gasteiger partial charge >= 0.3 is 5.97 Å². The number of piperidine rings is 1. The maximum absolute atomic E-state index is 13.5. The lowest BCUT2D eigenvalue weighted by Crippen LogP contribution is -2.48. The third-order valence-corrected chi connectivity index (χ3v) is 6.02. The van der Waals surface area contributed by atoms with Crippen molar-refractivity contribution in [1.82, 2.24) is 9.88 Å². The summed E-state index contributed by atoms with van der Waals surface area (Å²) in [5.41, 5.74) is 3.56. The smallest absolute Gasteiger partial charge is 0.306 e. The van der Waals surface area contributed by atoms with Gasteiger partial charge in [0.15, 0.2) is 5.78 Å². The number of carboxylic acid groups (broad SMARTS) is 1. The second-order valence-corrected chi connectivity index (χ2v) is 8.02. The minimum absolute atomic E-state index is 0.0164. The van der Waals surface area contributed by atoms with E-state index in [1.54, 1.807) is 12.3 Å². The Bertz CT molecular complexity index is 1010. The molecule has 5 heteroatoms. The molecule has 31 heavy (non-hydrogen) atoms. The molecule has 0 radical (unpaired) electrons. The van der Waals surface area contributed by atoms with Gasteiger partial charge in [0.1, 0.15) is 5.69 Å². The molecule has 3 aromatic rings. The fourth-order valence-electron chi connectivity index (χ4n) is 4.19. The SMILES string of the molecule is O=C(O)C1CCN(C(Cc2ccccc2)C(=O)c2ccc(-c3ccccc3)cn2)CC1. The normalized spacial score (nSPS) is 16.0. The van der Waals surface area contributed by atoms with Gasteiger partial charge in [0, 0.05) is 11.8 Å². The van der Waals surface area contributed by atoms with Crippen LogP contribution in [0.5, 0.6) is 0 Å². The minimum Gasteiger partial charge on any atom is -0.481 e. The number of pyridine rings is 1. The molecule has 0 saturated carbocycles. The molecule has 0 bridgehead atoms. The van der Waals surface area contributed by atoms with Crippen molar-refractivity contribution in [3.63, 3.8) is 0 Å². The molecule has 2 heterocycles. The molecule has 1 unspecified atom stereocenters. The van der Waals surface area contributed by atoms with Crippen LogP contribution in [-0.2, 0) is 11.2 Å². The van der Waals surface area contributed by atoms with Crippen molar-refractivity contribution < 1.29 is 14.7 Å². The Morgan fingerprint density at radius 2 is 1.55 bits per heavy atom. The van der Waals surface area contributed by atoms with Gasteiger partial charge < -0.3 is 5.11 Å². The molecule has 1 aromatic heterocycles. The summed E-state index contributed by atoms with van der Waals surface area (Å²) in [6.45, 7) is 1.20. The summed E-state index contributed by atoms with van der Waals surface area (Å²) >= 11 is 0. The first-order valence-corrected chi connectivity index (χ1v) is 10.7. The van der Waals surface area contributed by atoms with Crippen molar-refractivity contribution in [3.8, 4) is 11.1 Å². The van der Waals surface area contributed by atoms with Crippen LogP contribution in [0.15, 0.2) is 79.0 Å². The van der Waals surface area contributed by atoms with Gasteiger partial charge in [-0.3, -0.25) is 19.5 Å². The number of aromatic nitrogens is 1. The molecular weight excluding hydrogens is 388 g/mol. The largest absolute Gasteiger partial charge is 0.481 e. The third kappa shape index (κ3) is 5.06. The average molecular weight is 415 g/mol. The number of hydrogen-bond acceptors (Lipinski definition) is 4. The summed E-state index contributed by atoms with van der Waals surface area (Å²) in [6.07, 6.45) is 3.46. The van der Waals surface area contributed by atoms with Crippen LogP contribution >= 0.6 is 0 Å². The number of likely N-dealkylation sites (tertiary alicyclic amines) is 1. The van der Waals surface area contributed by atoms with E-state index in [-0.39, 0.29) is 17.7 Å². The van der Waals surface area contributed by atoms with Gasteiger partial charge in [-0.1, -0.05) is 66.7 Å². The zero-order valence-electron chi connectivity index (χ0n) is 17.4. The lowest BCUT2D eigenvalue weighted by atomic mass is 9.92. The van der Waals surface area contributed by atoms with E-state index in [1.165, 1.54) is 0 Å². The Morgan fingerprint density at radius 1 is 0.903 bits per heavy atom. The number of carbonyl (C=O) groups is 2. The Labute approximate surface area is 182 Å². The summed E-state index contributed by atoms with van der Waals surface area (Å²) in [7, 11) is 0. The second-order valence-electron chi connectivity index (χ2n) is 8.02. The molecular formula is C26H26N2O3. The Kier molecular flexibility index (Phi) is 6.53. The molecule has 0 amide bonds. The predicted molar refractivity (Wildman–Crippen MR) is 120 cm³/mol. The lowest BCUT2D eigenvalue weighted by molar-refractivity contribution is -0.143. The van der Waals surface area contributed by atoms with Crippen molar-refractivity contribution in [2.75, 3.05) is 13.1 Å². The predicted octanol–water partition coefficient (Wildman–Crippen LogP) is 4.34. The fourth-order valence-corrected chi connectivity index (χ4v) is 4.19. The minimum atomic E-state index is -0.747. The van der Waals surface area contributed by atoms with Gasteiger partial charge in [0.25, 0.3) is 0 Å². The van der Waals surface area contributed by atoms with Crippen LogP contribution in [0.4, 0.5) is 0 Å². The molecule has 1 atom stereocenters.